The lowest BCUT2D eigenvalue weighted by Gasteiger charge is -2.36. The van der Waals surface area contributed by atoms with E-state index in [1.54, 1.807) is 0 Å². The third kappa shape index (κ3) is 2.19. The summed E-state index contributed by atoms with van der Waals surface area (Å²) in [7, 11) is 4.17. The second kappa shape index (κ2) is 4.66. The van der Waals surface area contributed by atoms with Crippen LogP contribution in [0.5, 0.6) is 0 Å². The van der Waals surface area contributed by atoms with Crippen LogP contribution in [-0.4, -0.2) is 22.4 Å². The first-order valence-electron chi connectivity index (χ1n) is 5.77. The maximum absolute atomic E-state index is 4.54. The number of anilines is 1. The van der Waals surface area contributed by atoms with Crippen LogP contribution >= 0.6 is 12.4 Å². The van der Waals surface area contributed by atoms with Gasteiger partial charge < -0.3 is 4.90 Å². The second-order valence-corrected chi connectivity index (χ2v) is 5.07. The van der Waals surface area contributed by atoms with Gasteiger partial charge in [0.2, 0.25) is 0 Å². The smallest absolute Gasteiger partial charge is 0.153 e. The molecule has 0 bridgehead atoms. The Hall–Kier alpha value is -0.700. The summed E-state index contributed by atoms with van der Waals surface area (Å²) < 4.78 is 1.90. The molecule has 1 aromatic rings. The van der Waals surface area contributed by atoms with E-state index in [0.29, 0.717) is 5.54 Å². The van der Waals surface area contributed by atoms with E-state index < -0.39 is 0 Å². The molecule has 0 N–H and O–H groups in total. The summed E-state index contributed by atoms with van der Waals surface area (Å²) in [6.07, 6.45) is 7.38. The van der Waals surface area contributed by atoms with Crippen molar-refractivity contribution in [2.24, 2.45) is 7.05 Å². The molecule has 1 fully saturated rings. The monoisotopic (exact) mass is 243 g/mol. The highest BCUT2D eigenvalue weighted by atomic mass is 35.5. The first kappa shape index (κ1) is 13.4. The van der Waals surface area contributed by atoms with Gasteiger partial charge in [-0.3, -0.25) is 4.68 Å². The number of aromatic nitrogens is 2. The predicted octanol–water partition coefficient (Wildman–Crippen LogP) is 2.92. The maximum atomic E-state index is 4.54. The Balaban J connectivity index is 0.00000128. The van der Waals surface area contributed by atoms with Gasteiger partial charge in [-0.15, -0.1) is 12.4 Å². The van der Waals surface area contributed by atoms with Crippen molar-refractivity contribution in [2.45, 2.75) is 45.1 Å². The Morgan fingerprint density at radius 1 is 1.38 bits per heavy atom. The van der Waals surface area contributed by atoms with Crippen LogP contribution in [0.4, 0.5) is 5.82 Å². The van der Waals surface area contributed by atoms with Gasteiger partial charge in [-0.1, -0.05) is 12.8 Å². The Bertz CT molecular complexity index is 353. The average Bonchev–Trinajstić information content (AvgIpc) is 2.73. The molecule has 1 aliphatic carbocycles. The van der Waals surface area contributed by atoms with Gasteiger partial charge >= 0.3 is 0 Å². The minimum Gasteiger partial charge on any atom is -0.353 e. The fourth-order valence-electron chi connectivity index (χ4n) is 2.65. The molecule has 1 saturated carbocycles. The summed E-state index contributed by atoms with van der Waals surface area (Å²) in [5.41, 5.74) is 1.59. The van der Waals surface area contributed by atoms with Gasteiger partial charge in [0, 0.05) is 31.4 Å². The van der Waals surface area contributed by atoms with Crippen LogP contribution in [0.15, 0.2) is 6.20 Å². The summed E-state index contributed by atoms with van der Waals surface area (Å²) in [4.78, 5) is 2.37. The molecule has 0 amide bonds. The lowest BCUT2D eigenvalue weighted by atomic mass is 9.98. The zero-order valence-electron chi connectivity index (χ0n) is 10.7. The average molecular weight is 244 g/mol. The zero-order chi connectivity index (χ0) is 11.1. The van der Waals surface area contributed by atoms with Crippen LogP contribution < -0.4 is 4.90 Å². The van der Waals surface area contributed by atoms with Crippen molar-refractivity contribution in [3.8, 4) is 0 Å². The van der Waals surface area contributed by atoms with Crippen molar-refractivity contribution < 1.29 is 0 Å². The van der Waals surface area contributed by atoms with Crippen LogP contribution in [0.3, 0.4) is 0 Å². The lowest BCUT2D eigenvalue weighted by molar-refractivity contribution is 0.452. The molecule has 2 rings (SSSR count). The molecule has 1 heterocycles. The number of rotatable bonds is 2. The molecule has 0 aromatic carbocycles. The van der Waals surface area contributed by atoms with Crippen LogP contribution in [-0.2, 0) is 7.05 Å². The molecule has 0 spiro atoms. The Kier molecular flexibility index (Phi) is 3.89. The summed E-state index contributed by atoms with van der Waals surface area (Å²) >= 11 is 0. The molecule has 0 atom stereocenters. The topological polar surface area (TPSA) is 21.1 Å². The van der Waals surface area contributed by atoms with E-state index in [1.165, 1.54) is 31.2 Å². The molecule has 0 radical (unpaired) electrons. The van der Waals surface area contributed by atoms with Gasteiger partial charge in [-0.05, 0) is 26.7 Å². The molecule has 3 nitrogen and oxygen atoms in total. The van der Waals surface area contributed by atoms with Gasteiger partial charge in [0.1, 0.15) is 0 Å². The lowest BCUT2D eigenvalue weighted by Crippen LogP contribution is -2.42. The first-order valence-corrected chi connectivity index (χ1v) is 5.77. The molecule has 0 unspecified atom stereocenters. The molecule has 1 aromatic heterocycles. The number of hydrogen-bond acceptors (Lipinski definition) is 2. The fourth-order valence-corrected chi connectivity index (χ4v) is 2.65. The highest BCUT2D eigenvalue weighted by Crippen LogP contribution is 2.36. The van der Waals surface area contributed by atoms with Crippen molar-refractivity contribution in [1.29, 1.82) is 0 Å². The van der Waals surface area contributed by atoms with Gasteiger partial charge in [0.25, 0.3) is 0 Å². The quantitative estimate of drug-likeness (QED) is 0.797. The third-order valence-electron chi connectivity index (χ3n) is 3.79. The third-order valence-corrected chi connectivity index (χ3v) is 3.79. The van der Waals surface area contributed by atoms with Gasteiger partial charge in [-0.25, -0.2) is 0 Å². The molecule has 0 aliphatic heterocycles. The van der Waals surface area contributed by atoms with E-state index in [-0.39, 0.29) is 12.4 Å². The largest absolute Gasteiger partial charge is 0.353 e. The highest BCUT2D eigenvalue weighted by Gasteiger charge is 2.34. The summed E-state index contributed by atoms with van der Waals surface area (Å²) in [6.45, 7) is 4.49. The van der Waals surface area contributed by atoms with E-state index in [4.69, 9.17) is 0 Å². The normalized spacial score (nSPS) is 18.2. The SMILES string of the molecule is Cc1cn(C)nc1N(C)C1(C)CCCC1.Cl. The van der Waals surface area contributed by atoms with E-state index in [1.807, 2.05) is 11.7 Å². The van der Waals surface area contributed by atoms with Gasteiger partial charge in [-0.2, -0.15) is 5.10 Å². The summed E-state index contributed by atoms with van der Waals surface area (Å²) in [6, 6.07) is 0. The predicted molar refractivity (Wildman–Crippen MR) is 70.5 cm³/mol. The Morgan fingerprint density at radius 3 is 2.38 bits per heavy atom. The minimum atomic E-state index is 0. The van der Waals surface area contributed by atoms with Gasteiger partial charge in [0.05, 0.1) is 0 Å². The fraction of sp³-hybridized carbons (Fsp3) is 0.750. The highest BCUT2D eigenvalue weighted by molar-refractivity contribution is 5.85. The number of halogens is 1. The maximum Gasteiger partial charge on any atom is 0.153 e. The minimum absolute atomic E-state index is 0. The Labute approximate surface area is 104 Å². The van der Waals surface area contributed by atoms with Crippen molar-refractivity contribution in [2.75, 3.05) is 11.9 Å². The first-order chi connectivity index (χ1) is 7.03. The molecule has 92 valence electrons. The second-order valence-electron chi connectivity index (χ2n) is 5.07. The van der Waals surface area contributed by atoms with E-state index in [9.17, 15) is 0 Å². The van der Waals surface area contributed by atoms with Crippen LogP contribution in [0.2, 0.25) is 0 Å². The van der Waals surface area contributed by atoms with Crippen LogP contribution in [0, 0.1) is 6.92 Å². The van der Waals surface area contributed by atoms with Crippen LogP contribution in [0.1, 0.15) is 38.2 Å². The summed E-state index contributed by atoms with van der Waals surface area (Å²) in [5, 5.41) is 4.54. The van der Waals surface area contributed by atoms with Crippen molar-refractivity contribution in [3.63, 3.8) is 0 Å². The zero-order valence-corrected chi connectivity index (χ0v) is 11.5. The molecule has 1 aliphatic rings. The summed E-state index contributed by atoms with van der Waals surface area (Å²) in [5.74, 6) is 1.14. The van der Waals surface area contributed by atoms with Crippen molar-refractivity contribution in [3.05, 3.63) is 11.8 Å². The Morgan fingerprint density at radius 2 is 1.94 bits per heavy atom. The van der Waals surface area contributed by atoms with Crippen LogP contribution in [0.25, 0.3) is 0 Å². The standard InChI is InChI=1S/C12H21N3.ClH/c1-10-9-14(3)13-11(10)15(4)12(2)7-5-6-8-12;/h9H,5-8H2,1-4H3;1H. The molecule has 0 saturated heterocycles. The van der Waals surface area contributed by atoms with E-state index in [0.717, 1.165) is 5.82 Å². The number of hydrogen-bond donors (Lipinski definition) is 0. The number of aryl methyl sites for hydroxylation is 2. The molecule has 4 heteroatoms. The van der Waals surface area contributed by atoms with Crippen molar-refractivity contribution >= 4 is 18.2 Å². The van der Waals surface area contributed by atoms with E-state index in [2.05, 4.69) is 37.1 Å². The molecular weight excluding hydrogens is 222 g/mol. The van der Waals surface area contributed by atoms with Crippen molar-refractivity contribution in [1.82, 2.24) is 9.78 Å². The van der Waals surface area contributed by atoms with Gasteiger partial charge in [0.15, 0.2) is 5.82 Å². The number of nitrogens with zero attached hydrogens (tertiary/aromatic N) is 3. The molecule has 16 heavy (non-hydrogen) atoms. The molecular formula is C12H22ClN3. The van der Waals surface area contributed by atoms with E-state index >= 15 is 0 Å².